The van der Waals surface area contributed by atoms with Gasteiger partial charge in [-0.15, -0.1) is 0 Å². The van der Waals surface area contributed by atoms with E-state index in [9.17, 15) is 5.11 Å². The number of anilines is 2. The molecule has 5 nitrogen and oxygen atoms in total. The molecule has 26 heavy (non-hydrogen) atoms. The van der Waals surface area contributed by atoms with Crippen molar-refractivity contribution in [1.29, 1.82) is 0 Å². The summed E-state index contributed by atoms with van der Waals surface area (Å²) in [6.45, 7) is 2.60. The fourth-order valence-corrected chi connectivity index (χ4v) is 2.91. The number of phenolic OH excluding ortho intramolecular Hbond substituents is 1. The lowest BCUT2D eigenvalue weighted by molar-refractivity contribution is 0.340. The Hall–Kier alpha value is -3.47. The summed E-state index contributed by atoms with van der Waals surface area (Å²) in [6.07, 6.45) is 1.96. The predicted octanol–water partition coefficient (Wildman–Crippen LogP) is 4.85. The molecule has 2 aromatic heterocycles. The van der Waals surface area contributed by atoms with Crippen molar-refractivity contribution in [1.82, 2.24) is 9.38 Å². The van der Waals surface area contributed by atoms with Crippen LogP contribution in [0, 0.1) is 0 Å². The van der Waals surface area contributed by atoms with E-state index in [1.165, 1.54) is 0 Å². The summed E-state index contributed by atoms with van der Waals surface area (Å²) in [5, 5.41) is 13.3. The van der Waals surface area contributed by atoms with E-state index < -0.39 is 0 Å². The fourth-order valence-electron chi connectivity index (χ4n) is 2.91. The highest BCUT2D eigenvalue weighted by Crippen LogP contribution is 2.32. The molecule has 0 bridgehead atoms. The van der Waals surface area contributed by atoms with Gasteiger partial charge in [-0.1, -0.05) is 18.2 Å². The Balaban J connectivity index is 1.78. The van der Waals surface area contributed by atoms with Crippen LogP contribution in [-0.2, 0) is 0 Å². The van der Waals surface area contributed by atoms with Crippen molar-refractivity contribution >= 4 is 17.2 Å². The van der Waals surface area contributed by atoms with Gasteiger partial charge >= 0.3 is 0 Å². The zero-order valence-corrected chi connectivity index (χ0v) is 14.4. The zero-order valence-electron chi connectivity index (χ0n) is 14.4. The minimum atomic E-state index is 0.214. The van der Waals surface area contributed by atoms with Crippen molar-refractivity contribution in [2.24, 2.45) is 0 Å². The molecule has 2 N–H and O–H groups in total. The minimum absolute atomic E-state index is 0.214. The summed E-state index contributed by atoms with van der Waals surface area (Å²) in [7, 11) is 0. The Morgan fingerprint density at radius 2 is 1.88 bits per heavy atom. The second kappa shape index (κ2) is 6.80. The van der Waals surface area contributed by atoms with Crippen molar-refractivity contribution in [3.05, 3.63) is 72.9 Å². The van der Waals surface area contributed by atoms with Crippen LogP contribution in [-0.4, -0.2) is 21.1 Å². The molecule has 0 aliphatic heterocycles. The zero-order chi connectivity index (χ0) is 17.9. The Bertz CT molecular complexity index is 1040. The molecule has 4 aromatic rings. The Labute approximate surface area is 151 Å². The molecule has 2 heterocycles. The monoisotopic (exact) mass is 345 g/mol. The van der Waals surface area contributed by atoms with E-state index in [0.717, 1.165) is 34.2 Å². The third-order valence-corrected chi connectivity index (χ3v) is 4.08. The average Bonchev–Trinajstić information content (AvgIpc) is 3.02. The second-order valence-electron chi connectivity index (χ2n) is 5.87. The van der Waals surface area contributed by atoms with E-state index in [0.29, 0.717) is 6.61 Å². The molecule has 0 aliphatic rings. The Kier molecular flexibility index (Phi) is 4.19. The van der Waals surface area contributed by atoms with Crippen LogP contribution in [0.5, 0.6) is 11.5 Å². The molecule has 0 spiro atoms. The summed E-state index contributed by atoms with van der Waals surface area (Å²) in [5.74, 6) is 1.89. The van der Waals surface area contributed by atoms with Gasteiger partial charge in [-0.2, -0.15) is 0 Å². The maximum absolute atomic E-state index is 9.84. The first kappa shape index (κ1) is 16.0. The summed E-state index contributed by atoms with van der Waals surface area (Å²) in [6, 6.07) is 20.8. The van der Waals surface area contributed by atoms with E-state index in [2.05, 4.69) is 5.32 Å². The SMILES string of the molecule is CCOc1ccc(Nc2c(-c3cccc(O)c3)nc3ccccn23)cc1. The fraction of sp³-hybridized carbons (Fsp3) is 0.0952. The van der Waals surface area contributed by atoms with E-state index >= 15 is 0 Å². The first-order chi connectivity index (χ1) is 12.7. The predicted molar refractivity (Wildman–Crippen MR) is 103 cm³/mol. The van der Waals surface area contributed by atoms with Crippen LogP contribution in [0.15, 0.2) is 72.9 Å². The van der Waals surface area contributed by atoms with Gasteiger partial charge in [-0.05, 0) is 55.5 Å². The lowest BCUT2D eigenvalue weighted by Crippen LogP contribution is -1.97. The molecule has 2 aromatic carbocycles. The van der Waals surface area contributed by atoms with Crippen LogP contribution in [0.3, 0.4) is 0 Å². The highest BCUT2D eigenvalue weighted by atomic mass is 16.5. The van der Waals surface area contributed by atoms with Gasteiger partial charge in [0.25, 0.3) is 0 Å². The van der Waals surface area contributed by atoms with Gasteiger partial charge in [0, 0.05) is 17.4 Å². The number of benzene rings is 2. The normalized spacial score (nSPS) is 10.8. The largest absolute Gasteiger partial charge is 0.508 e. The maximum atomic E-state index is 9.84. The third kappa shape index (κ3) is 3.07. The van der Waals surface area contributed by atoms with Crippen molar-refractivity contribution < 1.29 is 9.84 Å². The standard InChI is InChI=1S/C21H19N3O2/c1-2-26-18-11-9-16(10-12-18)22-21-20(15-6-5-7-17(25)14-15)23-19-8-3-4-13-24(19)21/h3-14,22,25H,2H2,1H3. The van der Waals surface area contributed by atoms with Crippen molar-refractivity contribution in [3.8, 4) is 22.8 Å². The molecule has 0 unspecified atom stereocenters. The Morgan fingerprint density at radius 3 is 2.65 bits per heavy atom. The highest BCUT2D eigenvalue weighted by molar-refractivity contribution is 5.80. The molecule has 0 aliphatic carbocycles. The third-order valence-electron chi connectivity index (χ3n) is 4.08. The number of aromatic hydroxyl groups is 1. The topological polar surface area (TPSA) is 58.8 Å². The number of rotatable bonds is 5. The highest BCUT2D eigenvalue weighted by Gasteiger charge is 2.14. The van der Waals surface area contributed by atoms with Gasteiger partial charge in [-0.25, -0.2) is 4.98 Å². The van der Waals surface area contributed by atoms with Gasteiger partial charge in [0.1, 0.15) is 28.7 Å². The van der Waals surface area contributed by atoms with Crippen molar-refractivity contribution in [3.63, 3.8) is 0 Å². The van der Waals surface area contributed by atoms with Crippen LogP contribution in [0.2, 0.25) is 0 Å². The molecule has 4 rings (SSSR count). The van der Waals surface area contributed by atoms with E-state index in [-0.39, 0.29) is 5.75 Å². The molecule has 0 saturated carbocycles. The summed E-state index contributed by atoms with van der Waals surface area (Å²) in [4.78, 5) is 4.73. The van der Waals surface area contributed by atoms with E-state index in [4.69, 9.17) is 9.72 Å². The molecule has 0 saturated heterocycles. The average molecular weight is 345 g/mol. The molecule has 0 fully saturated rings. The van der Waals surface area contributed by atoms with Crippen LogP contribution < -0.4 is 10.1 Å². The maximum Gasteiger partial charge on any atom is 0.143 e. The number of phenols is 1. The molecule has 130 valence electrons. The number of fused-ring (bicyclic) bond motifs is 1. The van der Waals surface area contributed by atoms with Crippen molar-refractivity contribution in [2.75, 3.05) is 11.9 Å². The smallest absolute Gasteiger partial charge is 0.143 e. The number of pyridine rings is 1. The van der Waals surface area contributed by atoms with Crippen LogP contribution >= 0.6 is 0 Å². The molecule has 0 atom stereocenters. The number of aromatic nitrogens is 2. The Morgan fingerprint density at radius 1 is 1.04 bits per heavy atom. The first-order valence-corrected chi connectivity index (χ1v) is 8.51. The number of ether oxygens (including phenoxy) is 1. The molecule has 5 heteroatoms. The number of hydrogen-bond donors (Lipinski definition) is 2. The van der Waals surface area contributed by atoms with Gasteiger partial charge < -0.3 is 15.2 Å². The molecular weight excluding hydrogens is 326 g/mol. The van der Waals surface area contributed by atoms with Crippen LogP contribution in [0.4, 0.5) is 11.5 Å². The quantitative estimate of drug-likeness (QED) is 0.543. The van der Waals surface area contributed by atoms with Gasteiger partial charge in [0.05, 0.1) is 6.61 Å². The second-order valence-corrected chi connectivity index (χ2v) is 5.87. The summed E-state index contributed by atoms with van der Waals surface area (Å²) >= 11 is 0. The van der Waals surface area contributed by atoms with E-state index in [1.807, 2.05) is 72.1 Å². The lowest BCUT2D eigenvalue weighted by atomic mass is 10.1. The van der Waals surface area contributed by atoms with Gasteiger partial charge in [0.2, 0.25) is 0 Å². The van der Waals surface area contributed by atoms with Gasteiger partial charge in [0.15, 0.2) is 0 Å². The summed E-state index contributed by atoms with van der Waals surface area (Å²) in [5.41, 5.74) is 3.39. The number of nitrogens with one attached hydrogen (secondary N) is 1. The molecule has 0 amide bonds. The first-order valence-electron chi connectivity index (χ1n) is 8.51. The summed E-state index contributed by atoms with van der Waals surface area (Å²) < 4.78 is 7.50. The number of nitrogens with zero attached hydrogens (tertiary/aromatic N) is 2. The van der Waals surface area contributed by atoms with E-state index in [1.54, 1.807) is 12.1 Å². The number of imidazole rings is 1. The minimum Gasteiger partial charge on any atom is -0.508 e. The lowest BCUT2D eigenvalue weighted by Gasteiger charge is -2.10. The molecule has 0 radical (unpaired) electrons. The van der Waals surface area contributed by atoms with Crippen LogP contribution in [0.25, 0.3) is 16.9 Å². The molecular formula is C21H19N3O2. The number of hydrogen-bond acceptors (Lipinski definition) is 4. The van der Waals surface area contributed by atoms with Crippen LogP contribution in [0.1, 0.15) is 6.92 Å². The van der Waals surface area contributed by atoms with Crippen molar-refractivity contribution in [2.45, 2.75) is 6.92 Å². The van der Waals surface area contributed by atoms with Gasteiger partial charge in [-0.3, -0.25) is 4.40 Å².